The number of carbonyl (C=O) groups is 1. The molecule has 0 atom stereocenters. The first-order valence-corrected chi connectivity index (χ1v) is 7.35. The van der Waals surface area contributed by atoms with E-state index in [1.54, 1.807) is 12.1 Å². The van der Waals surface area contributed by atoms with E-state index in [2.05, 4.69) is 15.5 Å². The first kappa shape index (κ1) is 15.7. The summed E-state index contributed by atoms with van der Waals surface area (Å²) >= 11 is 5.19. The molecule has 0 radical (unpaired) electrons. The van der Waals surface area contributed by atoms with E-state index >= 15 is 0 Å². The molecule has 21 heavy (non-hydrogen) atoms. The summed E-state index contributed by atoms with van der Waals surface area (Å²) in [6.07, 6.45) is 0. The van der Waals surface area contributed by atoms with Crippen LogP contribution in [0.2, 0.25) is 0 Å². The van der Waals surface area contributed by atoms with Gasteiger partial charge in [0.05, 0.1) is 26.2 Å². The third kappa shape index (κ3) is 4.64. The molecule has 0 aromatic heterocycles. The number of piperazine rings is 1. The van der Waals surface area contributed by atoms with Gasteiger partial charge in [0.25, 0.3) is 5.91 Å². The number of benzene rings is 1. The average molecular weight is 311 g/mol. The molecule has 1 amide bonds. The summed E-state index contributed by atoms with van der Waals surface area (Å²) in [5, 5.41) is 6.43. The Kier molecular flexibility index (Phi) is 5.46. The third-order valence-electron chi connectivity index (χ3n) is 3.49. The van der Waals surface area contributed by atoms with E-state index in [0.29, 0.717) is 12.2 Å². The highest BCUT2D eigenvalue weighted by atomic mass is 32.1. The topological polar surface area (TPSA) is 48.8 Å². The number of nitrogens with one attached hydrogen (secondary N) is 3. The lowest BCUT2D eigenvalue weighted by Crippen LogP contribution is -3.15. The van der Waals surface area contributed by atoms with E-state index in [1.807, 2.05) is 7.05 Å². The number of hydrogen-bond donors (Lipinski definition) is 3. The van der Waals surface area contributed by atoms with E-state index in [4.69, 9.17) is 12.2 Å². The lowest BCUT2D eigenvalue weighted by Gasteiger charge is -2.33. The molecule has 5 nitrogen and oxygen atoms in total. The molecule has 114 valence electrons. The van der Waals surface area contributed by atoms with Crippen molar-refractivity contribution in [2.75, 3.05) is 45.1 Å². The van der Waals surface area contributed by atoms with Crippen LogP contribution >= 0.6 is 12.2 Å². The van der Waals surface area contributed by atoms with Gasteiger partial charge in [0, 0.05) is 12.7 Å². The van der Waals surface area contributed by atoms with E-state index in [1.165, 1.54) is 17.0 Å². The zero-order valence-corrected chi connectivity index (χ0v) is 12.8. The average Bonchev–Trinajstić information content (AvgIpc) is 2.47. The van der Waals surface area contributed by atoms with Gasteiger partial charge in [-0.3, -0.25) is 4.79 Å². The van der Waals surface area contributed by atoms with Crippen molar-refractivity contribution in [2.45, 2.75) is 0 Å². The van der Waals surface area contributed by atoms with Crippen LogP contribution in [0.15, 0.2) is 24.3 Å². The zero-order valence-electron chi connectivity index (χ0n) is 12.0. The summed E-state index contributed by atoms with van der Waals surface area (Å²) in [4.78, 5) is 15.3. The molecule has 0 saturated carbocycles. The van der Waals surface area contributed by atoms with Gasteiger partial charge >= 0.3 is 0 Å². The fraction of sp³-hybridized carbons (Fsp3) is 0.429. The Bertz CT molecular complexity index is 517. The fourth-order valence-corrected chi connectivity index (χ4v) is 2.54. The van der Waals surface area contributed by atoms with Gasteiger partial charge in [-0.15, -0.1) is 0 Å². The smallest absolute Gasteiger partial charge is 0.279 e. The summed E-state index contributed by atoms with van der Waals surface area (Å²) in [6, 6.07) is 5.93. The van der Waals surface area contributed by atoms with Crippen molar-refractivity contribution in [1.82, 2.24) is 10.2 Å². The van der Waals surface area contributed by atoms with E-state index in [9.17, 15) is 9.18 Å². The van der Waals surface area contributed by atoms with Crippen molar-refractivity contribution in [3.8, 4) is 0 Å². The van der Waals surface area contributed by atoms with Crippen molar-refractivity contribution >= 4 is 28.9 Å². The monoisotopic (exact) mass is 311 g/mol. The predicted molar refractivity (Wildman–Crippen MR) is 83.8 cm³/mol. The third-order valence-corrected chi connectivity index (χ3v) is 3.95. The van der Waals surface area contributed by atoms with Crippen LogP contribution in [-0.4, -0.2) is 55.7 Å². The molecule has 0 aliphatic carbocycles. The summed E-state index contributed by atoms with van der Waals surface area (Å²) in [7, 11) is 1.81. The van der Waals surface area contributed by atoms with Gasteiger partial charge in [0.15, 0.2) is 11.7 Å². The second-order valence-corrected chi connectivity index (χ2v) is 5.41. The van der Waals surface area contributed by atoms with Crippen LogP contribution < -0.4 is 15.5 Å². The quantitative estimate of drug-likeness (QED) is 0.657. The zero-order chi connectivity index (χ0) is 15.2. The van der Waals surface area contributed by atoms with Gasteiger partial charge < -0.3 is 20.4 Å². The largest absolute Gasteiger partial charge is 0.366 e. The lowest BCUT2D eigenvalue weighted by atomic mass is 10.3. The maximum absolute atomic E-state index is 13.0. The molecule has 1 aliphatic rings. The van der Waals surface area contributed by atoms with Crippen molar-refractivity contribution < 1.29 is 14.1 Å². The summed E-state index contributed by atoms with van der Waals surface area (Å²) in [5.41, 5.74) is 0.495. The molecule has 2 rings (SSSR count). The number of anilines is 1. The van der Waals surface area contributed by atoms with Gasteiger partial charge in [-0.2, -0.15) is 0 Å². The SMILES string of the molecule is CNC(=S)N1CC[NH+](CC(=O)Nc2cccc(F)c2)CC1. The Morgan fingerprint density at radius 2 is 2.14 bits per heavy atom. The van der Waals surface area contributed by atoms with E-state index in [0.717, 1.165) is 31.3 Å². The second-order valence-electron chi connectivity index (χ2n) is 5.03. The lowest BCUT2D eigenvalue weighted by molar-refractivity contribution is -0.895. The fourth-order valence-electron chi connectivity index (χ4n) is 2.36. The molecular weight excluding hydrogens is 291 g/mol. The van der Waals surface area contributed by atoms with Gasteiger partial charge in [-0.05, 0) is 30.4 Å². The van der Waals surface area contributed by atoms with Gasteiger partial charge in [-0.1, -0.05) is 6.07 Å². The Morgan fingerprint density at radius 3 is 2.76 bits per heavy atom. The predicted octanol–water partition coefficient (Wildman–Crippen LogP) is -0.531. The second kappa shape index (κ2) is 7.33. The number of carbonyl (C=O) groups excluding carboxylic acids is 1. The molecule has 0 spiro atoms. The Labute approximate surface area is 129 Å². The van der Waals surface area contributed by atoms with Crippen molar-refractivity contribution in [3.63, 3.8) is 0 Å². The van der Waals surface area contributed by atoms with Crippen LogP contribution in [0, 0.1) is 5.82 Å². The van der Waals surface area contributed by atoms with Gasteiger partial charge in [-0.25, -0.2) is 4.39 Å². The van der Waals surface area contributed by atoms with Crippen LogP contribution in [0.25, 0.3) is 0 Å². The molecule has 1 aromatic carbocycles. The van der Waals surface area contributed by atoms with Crippen molar-refractivity contribution in [1.29, 1.82) is 0 Å². The minimum Gasteiger partial charge on any atom is -0.366 e. The van der Waals surface area contributed by atoms with Gasteiger partial charge in [0.1, 0.15) is 5.82 Å². The number of halogens is 1. The first-order valence-electron chi connectivity index (χ1n) is 6.94. The number of quaternary nitrogens is 1. The molecule has 7 heteroatoms. The molecule has 1 aromatic rings. The van der Waals surface area contributed by atoms with Crippen molar-refractivity contribution in [3.05, 3.63) is 30.1 Å². The molecule has 1 fully saturated rings. The Hall–Kier alpha value is -1.73. The first-order chi connectivity index (χ1) is 10.1. The normalized spacial score (nSPS) is 15.6. The molecular formula is C14H20FN4OS+. The maximum atomic E-state index is 13.0. The number of rotatable bonds is 3. The highest BCUT2D eigenvalue weighted by Crippen LogP contribution is 2.08. The van der Waals surface area contributed by atoms with Crippen molar-refractivity contribution in [2.24, 2.45) is 0 Å². The van der Waals surface area contributed by atoms with E-state index < -0.39 is 0 Å². The molecule has 1 saturated heterocycles. The molecule has 3 N–H and O–H groups in total. The highest BCUT2D eigenvalue weighted by Gasteiger charge is 2.23. The summed E-state index contributed by atoms with van der Waals surface area (Å²) in [6.45, 7) is 3.78. The molecule has 1 aliphatic heterocycles. The number of nitrogens with zero attached hydrogens (tertiary/aromatic N) is 1. The van der Waals surface area contributed by atoms with Crippen LogP contribution in [-0.2, 0) is 4.79 Å². The number of thiocarbonyl (C=S) groups is 1. The van der Waals surface area contributed by atoms with Crippen LogP contribution in [0.5, 0.6) is 0 Å². The van der Waals surface area contributed by atoms with Gasteiger partial charge in [0.2, 0.25) is 0 Å². The van der Waals surface area contributed by atoms with Crippen LogP contribution in [0.1, 0.15) is 0 Å². The Balaban J connectivity index is 1.78. The minimum atomic E-state index is -0.352. The minimum absolute atomic E-state index is 0.0970. The summed E-state index contributed by atoms with van der Waals surface area (Å²) in [5.74, 6) is -0.449. The maximum Gasteiger partial charge on any atom is 0.279 e. The van der Waals surface area contributed by atoms with Crippen LogP contribution in [0.4, 0.5) is 10.1 Å². The Morgan fingerprint density at radius 1 is 1.43 bits per heavy atom. The van der Waals surface area contributed by atoms with E-state index in [-0.39, 0.29) is 11.7 Å². The molecule has 1 heterocycles. The molecule has 0 bridgehead atoms. The standard InChI is InChI=1S/C14H19FN4OS/c1-16-14(21)19-7-5-18(6-8-19)10-13(20)17-12-4-2-3-11(15)9-12/h2-4,9H,5-8,10H2,1H3,(H,16,21)(H,17,20)/p+1. The highest BCUT2D eigenvalue weighted by molar-refractivity contribution is 7.80. The number of amides is 1. The van der Waals surface area contributed by atoms with Crippen LogP contribution in [0.3, 0.4) is 0 Å². The summed E-state index contributed by atoms with van der Waals surface area (Å²) < 4.78 is 13.0. The number of hydrogen-bond acceptors (Lipinski definition) is 2. The molecule has 0 unspecified atom stereocenters.